The predicted octanol–water partition coefficient (Wildman–Crippen LogP) is 5.09. The van der Waals surface area contributed by atoms with Gasteiger partial charge in [-0.15, -0.1) is 0 Å². The van der Waals surface area contributed by atoms with Gasteiger partial charge >= 0.3 is 12.1 Å². The average molecular weight is 912 g/mol. The van der Waals surface area contributed by atoms with E-state index in [1.54, 1.807) is 18.2 Å². The van der Waals surface area contributed by atoms with E-state index in [0.717, 1.165) is 140 Å². The minimum atomic E-state index is -0.907. The zero-order valence-corrected chi connectivity index (χ0v) is 39.1. The number of aliphatic imine (C=N–C) groups is 2. The number of aromatic nitrogens is 4. The third-order valence-corrected chi connectivity index (χ3v) is 14.0. The van der Waals surface area contributed by atoms with E-state index in [1.807, 2.05) is 51.4 Å². The monoisotopic (exact) mass is 911 g/mol. The van der Waals surface area contributed by atoms with Crippen molar-refractivity contribution in [3.8, 4) is 0 Å². The number of primary amides is 1. The molecule has 2 aromatic heterocycles. The Kier molecular flexibility index (Phi) is 12.1. The van der Waals surface area contributed by atoms with Crippen LogP contribution < -0.4 is 36.4 Å². The number of nitrogens with one attached hydrogen (secondary N) is 1. The van der Waals surface area contributed by atoms with Gasteiger partial charge in [0.25, 0.3) is 0 Å². The van der Waals surface area contributed by atoms with Crippen molar-refractivity contribution in [1.82, 2.24) is 25.3 Å². The molecule has 6 aliphatic rings. The number of aromatic carboxylic acids is 1. The summed E-state index contributed by atoms with van der Waals surface area (Å²) in [6, 6.07) is 11.0. The molecule has 0 atom stereocenters. The van der Waals surface area contributed by atoms with Crippen molar-refractivity contribution < 1.29 is 24.2 Å². The van der Waals surface area contributed by atoms with Crippen LogP contribution in [0.3, 0.4) is 0 Å². The number of nitrogens with two attached hydrogens (primary N) is 2. The fourth-order valence-electron chi connectivity index (χ4n) is 9.88. The topological polar surface area (TPSA) is 234 Å². The number of piperidine rings is 2. The van der Waals surface area contributed by atoms with Crippen molar-refractivity contribution in [1.29, 1.82) is 0 Å². The van der Waals surface area contributed by atoms with Crippen molar-refractivity contribution >= 4 is 52.7 Å². The SMILES string of the molecule is CC1(CN)CCN(c2cnc3c(n2)CN=C3N2CCc3c(C(N)=O)cccc32)CC1.CC1(CNC(=O)OC(C)(C)C)CCN(c2cnc3c(n2)CN=C3N2CCc3c(C(=O)O)cccc32)CC1. The van der Waals surface area contributed by atoms with Crippen LogP contribution in [0.4, 0.5) is 27.8 Å². The van der Waals surface area contributed by atoms with E-state index in [-0.39, 0.29) is 22.8 Å². The van der Waals surface area contributed by atoms with E-state index in [2.05, 4.69) is 38.8 Å². The Bertz CT molecular complexity index is 2660. The van der Waals surface area contributed by atoms with Crippen LogP contribution in [0.2, 0.25) is 0 Å². The number of amides is 2. The molecule has 67 heavy (non-hydrogen) atoms. The maximum atomic E-state index is 12.1. The van der Waals surface area contributed by atoms with Gasteiger partial charge in [-0.3, -0.25) is 14.8 Å². The van der Waals surface area contributed by atoms with Gasteiger partial charge in [0.05, 0.1) is 42.4 Å². The van der Waals surface area contributed by atoms with E-state index in [9.17, 15) is 19.5 Å². The van der Waals surface area contributed by atoms with Gasteiger partial charge in [-0.2, -0.15) is 0 Å². The second-order valence-electron chi connectivity index (χ2n) is 20.1. The number of hydrogen-bond acceptors (Lipinski definition) is 15. The van der Waals surface area contributed by atoms with Crippen LogP contribution in [0.15, 0.2) is 58.8 Å². The fourth-order valence-corrected chi connectivity index (χ4v) is 9.88. The number of carbonyl (C=O) groups is 3. The average Bonchev–Trinajstić information content (AvgIpc) is 4.13. The molecule has 6 aliphatic heterocycles. The number of carbonyl (C=O) groups excluding carboxylic acids is 2. The van der Waals surface area contributed by atoms with E-state index >= 15 is 0 Å². The van der Waals surface area contributed by atoms with E-state index in [1.165, 1.54) is 0 Å². The molecule has 18 nitrogen and oxygen atoms in total. The first-order valence-electron chi connectivity index (χ1n) is 23.3. The summed E-state index contributed by atoms with van der Waals surface area (Å²) in [6.07, 6.45) is 8.69. The van der Waals surface area contributed by atoms with Crippen molar-refractivity contribution in [3.05, 3.63) is 93.8 Å². The van der Waals surface area contributed by atoms with Crippen molar-refractivity contribution in [2.24, 2.45) is 32.3 Å². The third kappa shape index (κ3) is 9.23. The number of benzene rings is 2. The molecule has 2 saturated heterocycles. The quantitative estimate of drug-likeness (QED) is 0.189. The molecule has 352 valence electrons. The first kappa shape index (κ1) is 45.5. The van der Waals surface area contributed by atoms with Gasteiger partial charge in [-0.05, 0) is 112 Å². The number of hydrogen-bond donors (Lipinski definition) is 4. The molecule has 0 bridgehead atoms. The van der Waals surface area contributed by atoms with Gasteiger partial charge in [0.2, 0.25) is 5.91 Å². The second-order valence-corrected chi connectivity index (χ2v) is 20.1. The molecule has 0 unspecified atom stereocenters. The third-order valence-electron chi connectivity index (χ3n) is 14.0. The van der Waals surface area contributed by atoms with Crippen LogP contribution in [0.25, 0.3) is 0 Å². The van der Waals surface area contributed by atoms with Crippen molar-refractivity contribution in [2.45, 2.75) is 91.8 Å². The summed E-state index contributed by atoms with van der Waals surface area (Å²) in [5, 5.41) is 12.5. The van der Waals surface area contributed by atoms with E-state index in [4.69, 9.17) is 46.1 Å². The van der Waals surface area contributed by atoms with Gasteiger partial charge < -0.3 is 46.2 Å². The van der Waals surface area contributed by atoms with Crippen molar-refractivity contribution in [3.63, 3.8) is 0 Å². The number of nitrogens with zero attached hydrogens (tertiary/aromatic N) is 10. The Hall–Kier alpha value is -6.69. The number of ether oxygens (including phenoxy) is 1. The molecule has 2 aromatic carbocycles. The number of carboxylic acid groups (broad SMARTS) is 1. The van der Waals surface area contributed by atoms with E-state index in [0.29, 0.717) is 43.7 Å². The number of anilines is 4. The molecular weight excluding hydrogens is 851 g/mol. The fraction of sp³-hybridized carbons (Fsp3) is 0.490. The Labute approximate surface area is 390 Å². The molecule has 0 saturated carbocycles. The molecule has 2 amide bonds. The summed E-state index contributed by atoms with van der Waals surface area (Å²) in [7, 11) is 0. The standard InChI is InChI=1S/C27H34N6O4.C22H27N7O/c1-26(2,3)37-25(36)30-16-27(4)9-12-32(13-10-27)21-15-28-22-19(31-21)14-29-23(22)33-11-8-17-18(24(34)35)6-5-7-20(17)33;1-22(13-23)6-9-28(10-7-22)18-12-25-19-16(27-18)11-26-21(19)29-8-5-14-15(20(24)30)3-2-4-17(14)29/h5-7,15H,8-14,16H2,1-4H3,(H,30,36)(H,34,35);2-4,12H,5-11,13,23H2,1H3,(H2,24,30). The first-order chi connectivity index (χ1) is 32.0. The maximum Gasteiger partial charge on any atom is 0.407 e. The van der Waals surface area contributed by atoms with Gasteiger partial charge in [-0.25, -0.2) is 29.5 Å². The predicted molar refractivity (Wildman–Crippen MR) is 257 cm³/mol. The molecule has 4 aromatic rings. The Balaban J connectivity index is 0.000000171. The highest BCUT2D eigenvalue weighted by Gasteiger charge is 2.36. The van der Waals surface area contributed by atoms with Gasteiger partial charge in [0.15, 0.2) is 11.7 Å². The Morgan fingerprint density at radius 1 is 0.731 bits per heavy atom. The summed E-state index contributed by atoms with van der Waals surface area (Å²) in [5.41, 5.74) is 19.2. The van der Waals surface area contributed by atoms with Crippen LogP contribution >= 0.6 is 0 Å². The number of fused-ring (bicyclic) bond motifs is 4. The number of carboxylic acids is 1. The molecule has 18 heteroatoms. The van der Waals surface area contributed by atoms with Gasteiger partial charge in [-0.1, -0.05) is 26.0 Å². The lowest BCUT2D eigenvalue weighted by atomic mass is 9.80. The Morgan fingerprint density at radius 3 is 1.67 bits per heavy atom. The summed E-state index contributed by atoms with van der Waals surface area (Å²) < 4.78 is 5.37. The highest BCUT2D eigenvalue weighted by Crippen LogP contribution is 2.38. The Morgan fingerprint density at radius 2 is 1.21 bits per heavy atom. The molecule has 6 N–H and O–H groups in total. The molecular formula is C49H61N13O5. The van der Waals surface area contributed by atoms with Crippen LogP contribution in [-0.2, 0) is 30.7 Å². The highest BCUT2D eigenvalue weighted by molar-refractivity contribution is 6.13. The zero-order valence-electron chi connectivity index (χ0n) is 39.1. The first-order valence-corrected chi connectivity index (χ1v) is 23.3. The molecule has 0 aliphatic carbocycles. The lowest BCUT2D eigenvalue weighted by Gasteiger charge is -2.40. The van der Waals surface area contributed by atoms with Crippen LogP contribution in [0, 0.1) is 10.8 Å². The number of rotatable bonds is 7. The number of amidine groups is 2. The molecule has 0 spiro atoms. The lowest BCUT2D eigenvalue weighted by Crippen LogP contribution is -2.46. The molecule has 0 radical (unpaired) electrons. The minimum Gasteiger partial charge on any atom is -0.478 e. The maximum absolute atomic E-state index is 12.1. The molecule has 8 heterocycles. The van der Waals surface area contributed by atoms with Gasteiger partial charge in [0, 0.05) is 62.8 Å². The smallest absolute Gasteiger partial charge is 0.407 e. The van der Waals surface area contributed by atoms with Crippen molar-refractivity contribution in [2.75, 3.05) is 72.0 Å². The largest absolute Gasteiger partial charge is 0.478 e. The lowest BCUT2D eigenvalue weighted by molar-refractivity contribution is 0.0494. The van der Waals surface area contributed by atoms with Crippen LogP contribution in [0.1, 0.15) is 115 Å². The number of alkyl carbamates (subject to hydrolysis) is 1. The van der Waals surface area contributed by atoms with Gasteiger partial charge in [0.1, 0.15) is 28.6 Å². The minimum absolute atomic E-state index is 0.00814. The zero-order chi connectivity index (χ0) is 47.3. The molecule has 2 fully saturated rings. The summed E-state index contributed by atoms with van der Waals surface area (Å²) in [5.74, 6) is 2.05. The summed E-state index contributed by atoms with van der Waals surface area (Å²) >= 11 is 0. The summed E-state index contributed by atoms with van der Waals surface area (Å²) in [4.78, 5) is 73.0. The summed E-state index contributed by atoms with van der Waals surface area (Å²) in [6.45, 7) is 17.3. The van der Waals surface area contributed by atoms with E-state index < -0.39 is 11.6 Å². The molecule has 10 rings (SSSR count). The van der Waals surface area contributed by atoms with Crippen LogP contribution in [-0.4, -0.2) is 113 Å². The normalized spacial score (nSPS) is 18.8. The second kappa shape index (κ2) is 17.8. The highest BCUT2D eigenvalue weighted by atomic mass is 16.6. The van der Waals surface area contributed by atoms with Crippen LogP contribution in [0.5, 0.6) is 0 Å².